The average molecular weight is 289 g/mol. The number of hydrogen-bond donors (Lipinski definition) is 2. The van der Waals surface area contributed by atoms with Gasteiger partial charge in [-0.15, -0.1) is 11.3 Å². The van der Waals surface area contributed by atoms with Gasteiger partial charge in [0, 0.05) is 30.1 Å². The van der Waals surface area contributed by atoms with Crippen molar-refractivity contribution in [3.63, 3.8) is 0 Å². The van der Waals surface area contributed by atoms with Crippen LogP contribution in [0.4, 0.5) is 11.6 Å². The van der Waals surface area contributed by atoms with E-state index in [4.69, 9.17) is 0 Å². The van der Waals surface area contributed by atoms with Crippen molar-refractivity contribution < 1.29 is 0 Å². The van der Waals surface area contributed by atoms with Gasteiger partial charge in [0.1, 0.15) is 22.5 Å². The van der Waals surface area contributed by atoms with Crippen LogP contribution in [0, 0.1) is 6.92 Å². The lowest BCUT2D eigenvalue weighted by atomic mass is 10.3. The minimum atomic E-state index is 0.153. The molecule has 2 aromatic heterocycles. The molecule has 0 bridgehead atoms. The Morgan fingerprint density at radius 3 is 2.60 bits per heavy atom. The van der Waals surface area contributed by atoms with Crippen LogP contribution in [-0.2, 0) is 0 Å². The Labute approximate surface area is 122 Å². The third-order valence-corrected chi connectivity index (χ3v) is 4.46. The highest BCUT2D eigenvalue weighted by Crippen LogP contribution is 2.39. The van der Waals surface area contributed by atoms with Gasteiger partial charge >= 0.3 is 0 Å². The summed E-state index contributed by atoms with van der Waals surface area (Å²) >= 11 is 1.68. The minimum Gasteiger partial charge on any atom is -0.373 e. The summed E-state index contributed by atoms with van der Waals surface area (Å²) < 4.78 is 0. The number of thiazole rings is 1. The van der Waals surface area contributed by atoms with Gasteiger partial charge in [-0.2, -0.15) is 0 Å². The van der Waals surface area contributed by atoms with Crippen LogP contribution in [0.1, 0.15) is 48.3 Å². The summed E-state index contributed by atoms with van der Waals surface area (Å²) in [5.74, 6) is 3.22. The number of nitrogens with zero attached hydrogens (tertiary/aromatic N) is 3. The van der Waals surface area contributed by atoms with E-state index in [-0.39, 0.29) is 6.04 Å². The first kappa shape index (κ1) is 13.3. The van der Waals surface area contributed by atoms with Crippen molar-refractivity contribution in [3.8, 4) is 0 Å². The topological polar surface area (TPSA) is 62.7 Å². The Bertz CT molecular complexity index is 605. The largest absolute Gasteiger partial charge is 0.373 e. The third-order valence-electron chi connectivity index (χ3n) is 3.31. The first-order valence-electron chi connectivity index (χ1n) is 6.91. The van der Waals surface area contributed by atoms with Crippen molar-refractivity contribution >= 4 is 23.0 Å². The molecule has 3 rings (SSSR count). The number of aryl methyl sites for hydroxylation is 1. The predicted octanol–water partition coefficient (Wildman–Crippen LogP) is 3.33. The highest BCUT2D eigenvalue weighted by molar-refractivity contribution is 7.09. The molecule has 0 aromatic carbocycles. The molecule has 2 N–H and O–H groups in total. The van der Waals surface area contributed by atoms with Crippen LogP contribution in [0.3, 0.4) is 0 Å². The summed E-state index contributed by atoms with van der Waals surface area (Å²) in [6.45, 7) is 4.12. The van der Waals surface area contributed by atoms with Gasteiger partial charge in [0.15, 0.2) is 0 Å². The van der Waals surface area contributed by atoms with E-state index in [0.717, 1.165) is 28.2 Å². The first-order chi connectivity index (χ1) is 9.65. The molecule has 0 saturated heterocycles. The molecule has 1 atom stereocenters. The standard InChI is InChI=1S/C14H19N5S/c1-8-7-20-14(16-8)9(2)17-12-6-11(15-3)18-13(19-12)10-4-5-10/h6-7,9-10H,4-5H2,1-3H3,(H2,15,17,18,19). The van der Waals surface area contributed by atoms with Gasteiger partial charge in [0.2, 0.25) is 0 Å². The highest BCUT2D eigenvalue weighted by atomic mass is 32.1. The molecule has 1 aliphatic rings. The number of nitrogens with one attached hydrogen (secondary N) is 2. The molecule has 0 spiro atoms. The fourth-order valence-electron chi connectivity index (χ4n) is 2.05. The summed E-state index contributed by atoms with van der Waals surface area (Å²) in [7, 11) is 1.89. The third kappa shape index (κ3) is 2.90. The van der Waals surface area contributed by atoms with E-state index in [0.29, 0.717) is 5.92 Å². The van der Waals surface area contributed by atoms with E-state index in [1.165, 1.54) is 12.8 Å². The SMILES string of the molecule is CNc1cc(NC(C)c2nc(C)cs2)nc(C2CC2)n1. The van der Waals surface area contributed by atoms with E-state index >= 15 is 0 Å². The quantitative estimate of drug-likeness (QED) is 0.884. The van der Waals surface area contributed by atoms with Crippen LogP contribution in [-0.4, -0.2) is 22.0 Å². The summed E-state index contributed by atoms with van der Waals surface area (Å²) in [4.78, 5) is 13.7. The molecular formula is C14H19N5S. The minimum absolute atomic E-state index is 0.153. The second-order valence-corrected chi connectivity index (χ2v) is 6.10. The second-order valence-electron chi connectivity index (χ2n) is 5.21. The number of anilines is 2. The van der Waals surface area contributed by atoms with E-state index in [2.05, 4.69) is 37.9 Å². The lowest BCUT2D eigenvalue weighted by molar-refractivity contribution is 0.841. The van der Waals surface area contributed by atoms with E-state index < -0.39 is 0 Å². The summed E-state index contributed by atoms with van der Waals surface area (Å²) in [6, 6.07) is 2.10. The van der Waals surface area contributed by atoms with Gasteiger partial charge in [-0.25, -0.2) is 15.0 Å². The molecule has 20 heavy (non-hydrogen) atoms. The lowest BCUT2D eigenvalue weighted by Gasteiger charge is -2.14. The molecular weight excluding hydrogens is 270 g/mol. The van der Waals surface area contributed by atoms with E-state index in [9.17, 15) is 0 Å². The molecule has 106 valence electrons. The van der Waals surface area contributed by atoms with Crippen molar-refractivity contribution in [2.45, 2.75) is 38.6 Å². The van der Waals surface area contributed by atoms with Gasteiger partial charge in [-0.3, -0.25) is 0 Å². The number of aromatic nitrogens is 3. The van der Waals surface area contributed by atoms with Crippen molar-refractivity contribution in [1.82, 2.24) is 15.0 Å². The van der Waals surface area contributed by atoms with Crippen molar-refractivity contribution in [1.29, 1.82) is 0 Å². The van der Waals surface area contributed by atoms with Gasteiger partial charge in [-0.05, 0) is 26.7 Å². The van der Waals surface area contributed by atoms with Crippen molar-refractivity contribution in [3.05, 3.63) is 28.0 Å². The Morgan fingerprint density at radius 1 is 1.25 bits per heavy atom. The van der Waals surface area contributed by atoms with Gasteiger partial charge < -0.3 is 10.6 Å². The fourth-order valence-corrected chi connectivity index (χ4v) is 2.85. The Hall–Kier alpha value is -1.69. The molecule has 0 radical (unpaired) electrons. The maximum absolute atomic E-state index is 4.63. The van der Waals surface area contributed by atoms with E-state index in [1.54, 1.807) is 11.3 Å². The highest BCUT2D eigenvalue weighted by Gasteiger charge is 2.27. The molecule has 2 heterocycles. The normalized spacial score (nSPS) is 15.9. The molecule has 1 fully saturated rings. The Morgan fingerprint density at radius 2 is 2.00 bits per heavy atom. The molecule has 1 unspecified atom stereocenters. The van der Waals surface area contributed by atoms with E-state index in [1.807, 2.05) is 20.0 Å². The summed E-state index contributed by atoms with van der Waals surface area (Å²) in [5, 5.41) is 9.68. The van der Waals surface area contributed by atoms with Crippen molar-refractivity contribution in [2.24, 2.45) is 0 Å². The zero-order valence-corrected chi connectivity index (χ0v) is 12.8. The van der Waals surface area contributed by atoms with Gasteiger partial charge in [0.25, 0.3) is 0 Å². The second kappa shape index (κ2) is 5.36. The van der Waals surface area contributed by atoms with Gasteiger partial charge in [0.05, 0.1) is 6.04 Å². The zero-order chi connectivity index (χ0) is 14.1. The first-order valence-corrected chi connectivity index (χ1v) is 7.79. The molecule has 5 nitrogen and oxygen atoms in total. The van der Waals surface area contributed by atoms with Crippen LogP contribution in [0.25, 0.3) is 0 Å². The smallest absolute Gasteiger partial charge is 0.136 e. The number of hydrogen-bond acceptors (Lipinski definition) is 6. The average Bonchev–Trinajstić information content (AvgIpc) is 3.20. The number of rotatable bonds is 5. The Kier molecular flexibility index (Phi) is 3.56. The van der Waals surface area contributed by atoms with Crippen molar-refractivity contribution in [2.75, 3.05) is 17.7 Å². The molecule has 0 aliphatic heterocycles. The Balaban J connectivity index is 1.80. The molecule has 0 amide bonds. The predicted molar refractivity (Wildman–Crippen MR) is 82.4 cm³/mol. The lowest BCUT2D eigenvalue weighted by Crippen LogP contribution is -2.10. The van der Waals surface area contributed by atoms with Crippen LogP contribution in [0.2, 0.25) is 0 Å². The monoisotopic (exact) mass is 289 g/mol. The van der Waals surface area contributed by atoms with Crippen LogP contribution < -0.4 is 10.6 Å². The van der Waals surface area contributed by atoms with Crippen LogP contribution in [0.5, 0.6) is 0 Å². The summed E-state index contributed by atoms with van der Waals surface area (Å²) in [5.41, 5.74) is 1.07. The van der Waals surface area contributed by atoms with Gasteiger partial charge in [-0.1, -0.05) is 0 Å². The van der Waals surface area contributed by atoms with Crippen LogP contribution in [0.15, 0.2) is 11.4 Å². The zero-order valence-electron chi connectivity index (χ0n) is 12.0. The maximum Gasteiger partial charge on any atom is 0.136 e. The summed E-state index contributed by atoms with van der Waals surface area (Å²) in [6.07, 6.45) is 2.40. The molecule has 1 saturated carbocycles. The molecule has 2 aromatic rings. The fraction of sp³-hybridized carbons (Fsp3) is 0.500. The molecule has 1 aliphatic carbocycles. The maximum atomic E-state index is 4.63. The van der Waals surface area contributed by atoms with Crippen LogP contribution >= 0.6 is 11.3 Å². The molecule has 6 heteroatoms.